The summed E-state index contributed by atoms with van der Waals surface area (Å²) < 4.78 is 0. The van der Waals surface area contributed by atoms with Crippen molar-refractivity contribution in [1.82, 2.24) is 0 Å². The van der Waals surface area contributed by atoms with Crippen molar-refractivity contribution < 1.29 is 0 Å². The van der Waals surface area contributed by atoms with Crippen molar-refractivity contribution in [2.24, 2.45) is 0 Å². The third kappa shape index (κ3) is 11600. The third-order valence-electron chi connectivity index (χ3n) is 0.500. The lowest BCUT2D eigenvalue weighted by molar-refractivity contribution is 0.886. The Morgan fingerprint density at radius 1 is 0.240 bits per heavy atom. The van der Waals surface area contributed by atoms with E-state index in [4.69, 9.17) is 0 Å². The summed E-state index contributed by atoms with van der Waals surface area (Å²) in [5.74, 6) is 0. The Hall–Kier alpha value is 0. The largest absolute Gasteiger partial charge is 0.0683 e. The van der Waals surface area contributed by atoms with Gasteiger partial charge in [-0.1, -0.05) is 171 Å². The maximum absolute atomic E-state index is 2.18. The molecule has 0 bridgehead atoms. The van der Waals surface area contributed by atoms with Crippen molar-refractivity contribution in [1.29, 1.82) is 0 Å². The highest BCUT2D eigenvalue weighted by molar-refractivity contribution is 4.12. The van der Waals surface area contributed by atoms with Gasteiger partial charge in [0.15, 0.2) is 0 Å². The molecule has 0 saturated heterocycles. The van der Waals surface area contributed by atoms with Gasteiger partial charge in [0, 0.05) is 0 Å². The molecule has 0 rings (SSSR count). The molecule has 0 aliphatic heterocycles. The molecular formula is C25H70. The van der Waals surface area contributed by atoms with Gasteiger partial charge in [-0.25, -0.2) is 0 Å². The van der Waals surface area contributed by atoms with Crippen LogP contribution >= 0.6 is 0 Å². The first kappa shape index (κ1) is 64.0. The minimum Gasteiger partial charge on any atom is -0.0683 e. The number of hydrogen-bond donors (Lipinski definition) is 0. The highest BCUT2D eigenvalue weighted by Crippen LogP contribution is 1.76. The molecular weight excluding hydrogens is 300 g/mol. The molecule has 0 aromatic heterocycles. The maximum Gasteiger partial charge on any atom is -0.0564 e. The molecule has 0 fully saturated rings. The van der Waals surface area contributed by atoms with Crippen LogP contribution in [0.25, 0.3) is 0 Å². The Morgan fingerprint density at radius 2 is 0.280 bits per heavy atom. The van der Waals surface area contributed by atoms with Crippen LogP contribution in [0.2, 0.25) is 0 Å². The van der Waals surface area contributed by atoms with Gasteiger partial charge in [0.05, 0.1) is 0 Å². The molecule has 170 valence electrons. The van der Waals surface area contributed by atoms with Gasteiger partial charge < -0.3 is 0 Å². The van der Waals surface area contributed by atoms with Crippen molar-refractivity contribution in [2.75, 3.05) is 0 Å². The quantitative estimate of drug-likeness (QED) is 0.430. The normalized spacial score (nSPS) is 4.80. The van der Waals surface area contributed by atoms with Gasteiger partial charge in [-0.3, -0.25) is 0 Å². The van der Waals surface area contributed by atoms with Gasteiger partial charge in [-0.15, -0.1) is 0 Å². The molecule has 0 aliphatic carbocycles. The van der Waals surface area contributed by atoms with Gasteiger partial charge in [0.25, 0.3) is 0 Å². The zero-order valence-corrected chi connectivity index (χ0v) is 23.5. The van der Waals surface area contributed by atoms with E-state index in [-0.39, 0.29) is 0 Å². The van der Waals surface area contributed by atoms with Crippen molar-refractivity contribution in [3.63, 3.8) is 0 Å². The van der Waals surface area contributed by atoms with Crippen LogP contribution in [-0.4, -0.2) is 0 Å². The molecule has 0 radical (unpaired) electrons. The summed E-state index contributed by atoms with van der Waals surface area (Å²) in [6, 6.07) is 0. The van der Waals surface area contributed by atoms with E-state index in [1.165, 1.54) is 32.1 Å². The molecule has 0 aromatic carbocycles. The Morgan fingerprint density at radius 3 is 0.280 bits per heavy atom. The lowest BCUT2D eigenvalue weighted by Gasteiger charge is -1.68. The Bertz CT molecular complexity index is 16.5. The van der Waals surface area contributed by atoms with Gasteiger partial charge >= 0.3 is 0 Å². The minimum absolute atomic E-state index is 1.25. The van der Waals surface area contributed by atoms with Crippen LogP contribution in [0.4, 0.5) is 0 Å². The predicted molar refractivity (Wildman–Crippen MR) is 137 cm³/mol. The van der Waals surface area contributed by atoms with E-state index in [1.54, 1.807) is 0 Å². The molecule has 0 spiro atoms. The molecule has 0 amide bonds. The van der Waals surface area contributed by atoms with Gasteiger partial charge in [-0.2, -0.15) is 0 Å². The first-order chi connectivity index (χ1) is 12.2. The number of rotatable bonds is 1. The van der Waals surface area contributed by atoms with E-state index in [0.717, 1.165) is 0 Å². The average molecular weight is 371 g/mol. The molecule has 0 nitrogen and oxygen atoms in total. The Kier molecular flexibility index (Phi) is 1300. The minimum atomic E-state index is 1.25. The van der Waals surface area contributed by atoms with E-state index >= 15 is 0 Å². The second-order valence-corrected chi connectivity index (χ2v) is 3.12. The van der Waals surface area contributed by atoms with E-state index in [9.17, 15) is 0 Å². The maximum atomic E-state index is 2.18. The first-order valence-corrected chi connectivity index (χ1v) is 12.2. The second-order valence-electron chi connectivity index (χ2n) is 3.12. The van der Waals surface area contributed by atoms with Crippen LogP contribution in [0.15, 0.2) is 0 Å². The van der Waals surface area contributed by atoms with Crippen LogP contribution in [-0.2, 0) is 0 Å². The summed E-state index contributed by atoms with van der Waals surface area (Å²) in [6.07, 6.45) is 6.39. The van der Waals surface area contributed by atoms with Crippen LogP contribution in [0, 0.1) is 0 Å². The summed E-state index contributed by atoms with van der Waals surface area (Å²) in [7, 11) is 0. The zero-order valence-electron chi connectivity index (χ0n) is 23.5. The van der Waals surface area contributed by atoms with Crippen LogP contribution < -0.4 is 0 Å². The molecule has 25 heavy (non-hydrogen) atoms. The molecule has 0 aliphatic rings. The first-order valence-electron chi connectivity index (χ1n) is 12.2. The van der Waals surface area contributed by atoms with Crippen molar-refractivity contribution in [2.45, 2.75) is 171 Å². The van der Waals surface area contributed by atoms with Crippen LogP contribution in [0.1, 0.15) is 171 Å². The lowest BCUT2D eigenvalue weighted by atomic mass is 10.4. The molecule has 0 unspecified atom stereocenters. The smallest absolute Gasteiger partial charge is 0.0564 e. The van der Waals surface area contributed by atoms with Crippen LogP contribution in [0.5, 0.6) is 0 Å². The van der Waals surface area contributed by atoms with E-state index < -0.39 is 0 Å². The molecule has 0 heteroatoms. The van der Waals surface area contributed by atoms with Gasteiger partial charge in [0.2, 0.25) is 0 Å². The summed E-state index contributed by atoms with van der Waals surface area (Å²) in [6.45, 7) is 41.1. The van der Waals surface area contributed by atoms with Crippen molar-refractivity contribution >= 4 is 0 Å². The Balaban J connectivity index is -0.0000000127. The molecule has 0 saturated carbocycles. The number of hydrogen-bond acceptors (Lipinski definition) is 0. The van der Waals surface area contributed by atoms with E-state index in [1.807, 2.05) is 83.1 Å². The summed E-state index contributed by atoms with van der Waals surface area (Å²) in [5.41, 5.74) is 0. The molecule has 0 heterocycles. The fourth-order valence-corrected chi connectivity index (χ4v) is 0. The standard InChI is InChI=1S/C4H10.3C3H8.6C2H6/c1-3-4-2;3*1-3-2;6*1-2/h3-4H2,1-2H3;3*3H2,1-2H3;6*1-2H3. The third-order valence-corrected chi connectivity index (χ3v) is 0.500. The summed E-state index contributed by atoms with van der Waals surface area (Å²) in [4.78, 5) is 0. The van der Waals surface area contributed by atoms with E-state index in [2.05, 4.69) is 55.4 Å². The van der Waals surface area contributed by atoms with Gasteiger partial charge in [0.1, 0.15) is 0 Å². The fraction of sp³-hybridized carbons (Fsp3) is 1.00. The Labute approximate surface area is 171 Å². The molecule has 0 aromatic rings. The highest BCUT2D eigenvalue weighted by Gasteiger charge is 1.56. The predicted octanol–water partition coefficient (Wildman–Crippen LogP) is 12.2. The fourth-order valence-electron chi connectivity index (χ4n) is 0. The zero-order chi connectivity index (χ0) is 23.5. The second kappa shape index (κ2) is 508. The average Bonchev–Trinajstić information content (AvgIpc) is 2.73. The highest BCUT2D eigenvalue weighted by atomic mass is 13.6. The van der Waals surface area contributed by atoms with Crippen molar-refractivity contribution in [3.8, 4) is 0 Å². The van der Waals surface area contributed by atoms with Gasteiger partial charge in [-0.05, 0) is 0 Å². The lowest BCUT2D eigenvalue weighted by Crippen LogP contribution is -1.47. The SMILES string of the molecule is CC.CC.CC.CC.CC.CC.CCC.CCC.CCC.CCCC. The monoisotopic (exact) mass is 371 g/mol. The van der Waals surface area contributed by atoms with Crippen LogP contribution in [0.3, 0.4) is 0 Å². The number of unbranched alkanes of at least 4 members (excludes halogenated alkanes) is 1. The molecule has 0 N–H and O–H groups in total. The topological polar surface area (TPSA) is 0 Å². The van der Waals surface area contributed by atoms with E-state index in [0.29, 0.717) is 0 Å². The summed E-state index contributed by atoms with van der Waals surface area (Å²) >= 11 is 0. The summed E-state index contributed by atoms with van der Waals surface area (Å²) in [5, 5.41) is 0. The van der Waals surface area contributed by atoms with Crippen molar-refractivity contribution in [3.05, 3.63) is 0 Å². The molecule has 0 atom stereocenters.